The van der Waals surface area contributed by atoms with Crippen LogP contribution in [0.15, 0.2) is 0 Å². The van der Waals surface area contributed by atoms with E-state index in [-0.39, 0.29) is 12.3 Å². The molecule has 5 nitrogen and oxygen atoms in total. The molecule has 0 bridgehead atoms. The summed E-state index contributed by atoms with van der Waals surface area (Å²) in [6, 6.07) is -1.17. The molecular weight excluding hydrogens is 159 g/mol. The lowest BCUT2D eigenvalue weighted by Gasteiger charge is -2.06. The molecule has 1 heterocycles. The van der Waals surface area contributed by atoms with E-state index in [1.807, 2.05) is 0 Å². The molecule has 0 unspecified atom stereocenters. The van der Waals surface area contributed by atoms with Crippen LogP contribution in [0.25, 0.3) is 0 Å². The Morgan fingerprint density at radius 2 is 2.42 bits per heavy atom. The van der Waals surface area contributed by atoms with Crippen molar-refractivity contribution in [3.05, 3.63) is 0 Å². The van der Waals surface area contributed by atoms with Crippen molar-refractivity contribution in [3.8, 4) is 0 Å². The summed E-state index contributed by atoms with van der Waals surface area (Å²) in [5.41, 5.74) is 0. The summed E-state index contributed by atoms with van der Waals surface area (Å²) in [5.74, 6) is -1.13. The summed E-state index contributed by atoms with van der Waals surface area (Å²) in [5, 5.41) is 4.61. The monoisotopic (exact) mass is 166 g/mol. The van der Waals surface area contributed by atoms with E-state index in [1.54, 1.807) is 0 Å². The smallest absolute Gasteiger partial charge is 0.243 e. The Balaban J connectivity index is 2.51. The van der Waals surface area contributed by atoms with Gasteiger partial charge in [-0.1, -0.05) is 0 Å². The van der Waals surface area contributed by atoms with Crippen LogP contribution < -0.4 is 10.6 Å². The Labute approximate surface area is 70.3 Å². The lowest BCUT2D eigenvalue weighted by atomic mass is 10.1. The second-order valence-corrected chi connectivity index (χ2v) is 2.55. The molecule has 2 N–H and O–H groups in total. The van der Waals surface area contributed by atoms with Crippen molar-refractivity contribution >= 4 is 25.8 Å². The second-order valence-electron chi connectivity index (χ2n) is 2.55. The van der Waals surface area contributed by atoms with Crippen molar-refractivity contribution < 1.29 is 14.4 Å². The van der Waals surface area contributed by atoms with E-state index in [2.05, 4.69) is 10.6 Å². The first-order valence-electron chi connectivity index (χ1n) is 3.45. The highest BCUT2D eigenvalue weighted by Gasteiger charge is 2.31. The van der Waals surface area contributed by atoms with Gasteiger partial charge in [-0.15, -0.1) is 0 Å². The van der Waals surface area contributed by atoms with E-state index in [0.717, 1.165) is 0 Å². The molecule has 2 amide bonds. The molecule has 2 radical (unpaired) electrons. The molecule has 12 heavy (non-hydrogen) atoms. The van der Waals surface area contributed by atoms with Gasteiger partial charge in [-0.2, -0.15) is 0 Å². The van der Waals surface area contributed by atoms with Crippen LogP contribution in [-0.2, 0) is 9.59 Å². The Morgan fingerprint density at radius 3 is 2.83 bits per heavy atom. The van der Waals surface area contributed by atoms with E-state index in [9.17, 15) is 14.4 Å². The molecule has 1 aliphatic heterocycles. The number of nitrogens with one attached hydrogen (secondary N) is 2. The molecule has 6 heteroatoms. The van der Waals surface area contributed by atoms with Gasteiger partial charge in [0.25, 0.3) is 0 Å². The van der Waals surface area contributed by atoms with E-state index < -0.39 is 17.9 Å². The van der Waals surface area contributed by atoms with Gasteiger partial charge < -0.3 is 15.4 Å². The van der Waals surface area contributed by atoms with E-state index in [0.29, 0.717) is 6.29 Å². The molecule has 1 saturated heterocycles. The van der Waals surface area contributed by atoms with Crippen molar-refractivity contribution in [1.82, 2.24) is 10.6 Å². The number of carbonyl (C=O) groups is 3. The minimum absolute atomic E-state index is 0.269. The predicted molar refractivity (Wildman–Crippen MR) is 40.7 cm³/mol. The summed E-state index contributed by atoms with van der Waals surface area (Å²) < 4.78 is 0. The maximum absolute atomic E-state index is 10.9. The van der Waals surface area contributed by atoms with Crippen LogP contribution in [0.2, 0.25) is 0 Å². The number of carbonyl (C=O) groups excluding carboxylic acids is 3. The Hall–Kier alpha value is -1.33. The minimum atomic E-state index is -0.762. The highest BCUT2D eigenvalue weighted by molar-refractivity contribution is 6.57. The zero-order valence-electron chi connectivity index (χ0n) is 6.24. The summed E-state index contributed by atoms with van der Waals surface area (Å²) >= 11 is 0. The highest BCUT2D eigenvalue weighted by Crippen LogP contribution is 2.05. The van der Waals surface area contributed by atoms with Gasteiger partial charge in [0.2, 0.25) is 13.8 Å². The zero-order valence-corrected chi connectivity index (χ0v) is 6.24. The topological polar surface area (TPSA) is 75.3 Å². The third-order valence-electron chi connectivity index (χ3n) is 1.61. The molecule has 0 aromatic heterocycles. The lowest BCUT2D eigenvalue weighted by Crippen LogP contribution is -2.39. The maximum atomic E-state index is 10.9. The van der Waals surface area contributed by atoms with Gasteiger partial charge in [0, 0.05) is 6.42 Å². The summed E-state index contributed by atoms with van der Waals surface area (Å²) in [7, 11) is 4.80. The molecule has 2 atom stereocenters. The zero-order chi connectivity index (χ0) is 9.14. The van der Waals surface area contributed by atoms with Gasteiger partial charge in [-0.25, -0.2) is 0 Å². The lowest BCUT2D eigenvalue weighted by molar-refractivity contribution is -0.121. The van der Waals surface area contributed by atoms with Crippen LogP contribution in [0.4, 0.5) is 4.79 Å². The fraction of sp³-hybridized carbons (Fsp3) is 0.500. The first-order valence-corrected chi connectivity index (χ1v) is 3.45. The van der Waals surface area contributed by atoms with Crippen molar-refractivity contribution in [3.63, 3.8) is 0 Å². The van der Waals surface area contributed by atoms with Crippen molar-refractivity contribution in [2.75, 3.05) is 0 Å². The van der Waals surface area contributed by atoms with Crippen LogP contribution in [0.5, 0.6) is 0 Å². The molecule has 1 fully saturated rings. The Morgan fingerprint density at radius 1 is 1.75 bits per heavy atom. The average Bonchev–Trinajstić information content (AvgIpc) is 2.31. The fourth-order valence-electron chi connectivity index (χ4n) is 1.09. The SMILES string of the molecule is [B]C(=O)N[C@H]1C[C@H](C=O)NC1=O. The first-order chi connectivity index (χ1) is 5.63. The van der Waals surface area contributed by atoms with Crippen molar-refractivity contribution in [1.29, 1.82) is 0 Å². The van der Waals surface area contributed by atoms with Gasteiger partial charge in [-0.05, 0) is 0 Å². The minimum Gasteiger partial charge on any atom is -0.354 e. The standard InChI is InChI=1S/C6H7BN2O3/c7-6(12)9-4-1-3(2-10)8-5(4)11/h2-4H,1H2,(H,8,11)(H,9,12)/t3-,4+/m1/s1. The summed E-state index contributed by atoms with van der Waals surface area (Å²) in [6.45, 7) is 0. The molecule has 1 aliphatic rings. The molecular formula is C6H7BN2O3. The summed E-state index contributed by atoms with van der Waals surface area (Å²) in [6.07, 6.45) is 0.895. The van der Waals surface area contributed by atoms with Crippen LogP contribution >= 0.6 is 0 Å². The number of hydrogen-bond donors (Lipinski definition) is 2. The average molecular weight is 166 g/mol. The third kappa shape index (κ3) is 1.84. The number of hydrogen-bond acceptors (Lipinski definition) is 3. The molecule has 0 aliphatic carbocycles. The maximum Gasteiger partial charge on any atom is 0.243 e. The molecule has 0 spiro atoms. The normalized spacial score (nSPS) is 27.8. The predicted octanol–water partition coefficient (Wildman–Crippen LogP) is -1.68. The quantitative estimate of drug-likeness (QED) is 0.380. The molecule has 0 saturated carbocycles. The molecule has 1 rings (SSSR count). The molecule has 62 valence electrons. The number of aldehydes is 1. The highest BCUT2D eigenvalue weighted by atomic mass is 16.2. The van der Waals surface area contributed by atoms with Crippen LogP contribution in [-0.4, -0.2) is 37.9 Å². The van der Waals surface area contributed by atoms with E-state index in [1.165, 1.54) is 0 Å². The van der Waals surface area contributed by atoms with Crippen LogP contribution in [0.3, 0.4) is 0 Å². The van der Waals surface area contributed by atoms with E-state index in [4.69, 9.17) is 7.85 Å². The molecule has 0 aromatic carbocycles. The second kappa shape index (κ2) is 3.38. The van der Waals surface area contributed by atoms with Gasteiger partial charge in [0.15, 0.2) is 5.81 Å². The van der Waals surface area contributed by atoms with E-state index >= 15 is 0 Å². The van der Waals surface area contributed by atoms with Crippen molar-refractivity contribution in [2.45, 2.75) is 18.5 Å². The Kier molecular flexibility index (Phi) is 2.47. The molecule has 0 aromatic rings. The van der Waals surface area contributed by atoms with Crippen LogP contribution in [0.1, 0.15) is 6.42 Å². The van der Waals surface area contributed by atoms with Gasteiger partial charge in [0.05, 0.1) is 6.04 Å². The number of amides is 2. The largest absolute Gasteiger partial charge is 0.354 e. The Bertz CT molecular complexity index is 231. The van der Waals surface area contributed by atoms with Crippen molar-refractivity contribution in [2.24, 2.45) is 0 Å². The third-order valence-corrected chi connectivity index (χ3v) is 1.61. The number of rotatable bonds is 2. The van der Waals surface area contributed by atoms with Crippen LogP contribution in [0, 0.1) is 0 Å². The first kappa shape index (κ1) is 8.77. The van der Waals surface area contributed by atoms with Gasteiger partial charge in [0.1, 0.15) is 12.3 Å². The summed E-state index contributed by atoms with van der Waals surface area (Å²) in [4.78, 5) is 31.5. The van der Waals surface area contributed by atoms with Gasteiger partial charge in [-0.3, -0.25) is 9.59 Å². The van der Waals surface area contributed by atoms with Gasteiger partial charge >= 0.3 is 0 Å². The fourth-order valence-corrected chi connectivity index (χ4v) is 1.09.